The van der Waals surface area contributed by atoms with E-state index in [1.807, 2.05) is 0 Å². The number of benzene rings is 10. The minimum absolute atomic E-state index is 0.902. The summed E-state index contributed by atoms with van der Waals surface area (Å²) >= 11 is 0. The second kappa shape index (κ2) is 12.9. The molecular weight excluding hydrogens is 703 g/mol. The molecule has 2 nitrogen and oxygen atoms in total. The molecule has 270 valence electrons. The molecule has 0 N–H and O–H groups in total. The van der Waals surface area contributed by atoms with Crippen LogP contribution in [-0.2, 0) is 0 Å². The predicted molar refractivity (Wildman–Crippen MR) is 245 cm³/mol. The lowest BCUT2D eigenvalue weighted by atomic mass is 9.85. The third-order valence-corrected chi connectivity index (χ3v) is 12.0. The molecule has 0 radical (unpaired) electrons. The highest BCUT2D eigenvalue weighted by molar-refractivity contribution is 6.21. The molecule has 0 aliphatic rings. The average Bonchev–Trinajstić information content (AvgIpc) is 3.83. The van der Waals surface area contributed by atoms with Crippen LogP contribution in [0, 0.1) is 0 Å². The molecule has 10 aromatic carbocycles. The van der Waals surface area contributed by atoms with Gasteiger partial charge in [0.05, 0.1) is 11.0 Å². The minimum atomic E-state index is 0.902. The first-order chi connectivity index (χ1) is 28.8. The van der Waals surface area contributed by atoms with E-state index < -0.39 is 0 Å². The number of rotatable bonds is 5. The highest BCUT2D eigenvalue weighted by atomic mass is 16.3. The number of hydrogen-bond donors (Lipinski definition) is 0. The Labute approximate surface area is 335 Å². The largest absolute Gasteiger partial charge is 0.456 e. The van der Waals surface area contributed by atoms with E-state index in [1.165, 1.54) is 87.9 Å². The summed E-state index contributed by atoms with van der Waals surface area (Å²) in [6, 6.07) is 77.0. The summed E-state index contributed by atoms with van der Waals surface area (Å²) in [6.45, 7) is 0. The summed E-state index contributed by atoms with van der Waals surface area (Å²) < 4.78 is 8.70. The van der Waals surface area contributed by atoms with Gasteiger partial charge >= 0.3 is 0 Å². The van der Waals surface area contributed by atoms with Crippen LogP contribution in [0.4, 0.5) is 0 Å². The molecule has 2 heteroatoms. The SMILES string of the molecule is c1ccc(-c2ccc3oc4ccc(-c5ccc(-c6c7ccccc7c(-c7cccc(-n8c9ccccc9c9ccccc98)c7)c7ccccc67)cc5)cc4c3c2)cc1. The summed E-state index contributed by atoms with van der Waals surface area (Å²) in [5.74, 6) is 0. The van der Waals surface area contributed by atoms with Gasteiger partial charge in [0.25, 0.3) is 0 Å². The van der Waals surface area contributed by atoms with Crippen LogP contribution in [0.2, 0.25) is 0 Å². The van der Waals surface area contributed by atoms with Gasteiger partial charge in [-0.15, -0.1) is 0 Å². The fourth-order valence-corrected chi connectivity index (χ4v) is 9.35. The number of furan rings is 1. The predicted octanol–water partition coefficient (Wildman–Crippen LogP) is 15.7. The summed E-state index contributed by atoms with van der Waals surface area (Å²) in [4.78, 5) is 0. The first-order valence-electron chi connectivity index (χ1n) is 19.9. The molecule has 58 heavy (non-hydrogen) atoms. The monoisotopic (exact) mass is 737 g/mol. The smallest absolute Gasteiger partial charge is 0.135 e. The van der Waals surface area contributed by atoms with Crippen molar-refractivity contribution in [2.24, 2.45) is 0 Å². The second-order valence-electron chi connectivity index (χ2n) is 15.2. The van der Waals surface area contributed by atoms with E-state index in [-0.39, 0.29) is 0 Å². The summed E-state index contributed by atoms with van der Waals surface area (Å²) in [7, 11) is 0. The van der Waals surface area contributed by atoms with Gasteiger partial charge < -0.3 is 8.98 Å². The number of hydrogen-bond acceptors (Lipinski definition) is 1. The third-order valence-electron chi connectivity index (χ3n) is 12.0. The fourth-order valence-electron chi connectivity index (χ4n) is 9.35. The van der Waals surface area contributed by atoms with Crippen LogP contribution in [0.1, 0.15) is 0 Å². The van der Waals surface area contributed by atoms with Gasteiger partial charge in [0, 0.05) is 27.2 Å². The van der Waals surface area contributed by atoms with Crippen molar-refractivity contribution >= 4 is 65.3 Å². The van der Waals surface area contributed by atoms with Crippen LogP contribution < -0.4 is 0 Å². The highest BCUT2D eigenvalue weighted by Crippen LogP contribution is 2.45. The van der Waals surface area contributed by atoms with Gasteiger partial charge in [0.1, 0.15) is 11.2 Å². The van der Waals surface area contributed by atoms with E-state index in [1.54, 1.807) is 0 Å². The van der Waals surface area contributed by atoms with E-state index in [4.69, 9.17) is 4.42 Å². The Kier molecular flexibility index (Phi) is 7.26. The molecule has 2 heterocycles. The van der Waals surface area contributed by atoms with Crippen molar-refractivity contribution in [1.29, 1.82) is 0 Å². The molecule has 0 amide bonds. The van der Waals surface area contributed by atoms with Crippen LogP contribution in [0.3, 0.4) is 0 Å². The molecule has 2 aromatic heterocycles. The second-order valence-corrected chi connectivity index (χ2v) is 15.2. The Morgan fingerprint density at radius 1 is 0.259 bits per heavy atom. The first kappa shape index (κ1) is 32.6. The lowest BCUT2D eigenvalue weighted by Gasteiger charge is -2.18. The van der Waals surface area contributed by atoms with Crippen LogP contribution in [-0.4, -0.2) is 4.57 Å². The molecule has 0 aliphatic carbocycles. The molecule has 0 unspecified atom stereocenters. The van der Waals surface area contributed by atoms with E-state index in [2.05, 4.69) is 217 Å². The first-order valence-corrected chi connectivity index (χ1v) is 19.9. The Morgan fingerprint density at radius 2 is 0.672 bits per heavy atom. The Bertz CT molecular complexity index is 3440. The molecule has 0 fully saturated rings. The van der Waals surface area contributed by atoms with Gasteiger partial charge in [-0.25, -0.2) is 0 Å². The lowest BCUT2D eigenvalue weighted by Crippen LogP contribution is -1.95. The van der Waals surface area contributed by atoms with Crippen LogP contribution in [0.25, 0.3) is 115 Å². The Morgan fingerprint density at radius 3 is 1.22 bits per heavy atom. The van der Waals surface area contributed by atoms with Crippen LogP contribution in [0.5, 0.6) is 0 Å². The van der Waals surface area contributed by atoms with Crippen molar-refractivity contribution in [2.45, 2.75) is 0 Å². The topological polar surface area (TPSA) is 18.1 Å². The molecule has 0 saturated heterocycles. The lowest BCUT2D eigenvalue weighted by molar-refractivity contribution is 0.669. The molecular formula is C56H35NO. The molecule has 0 saturated carbocycles. The Balaban J connectivity index is 0.982. The van der Waals surface area contributed by atoms with Crippen molar-refractivity contribution in [3.05, 3.63) is 212 Å². The van der Waals surface area contributed by atoms with Crippen molar-refractivity contribution in [3.8, 4) is 50.2 Å². The van der Waals surface area contributed by atoms with E-state index >= 15 is 0 Å². The van der Waals surface area contributed by atoms with Crippen LogP contribution >= 0.6 is 0 Å². The molecule has 12 rings (SSSR count). The standard InChI is InChI=1S/C56H35NO/c1-2-13-36(14-3-1)39-29-31-53-49(34-39)50-35-40(30-32-54(50)58-53)37-25-27-38(28-26-37)55-45-19-4-6-21-47(45)56(48-22-7-5-20-46(48)55)41-15-12-16-42(33-41)57-51-23-10-8-17-43(51)44-18-9-11-24-52(44)57/h1-35H. The molecule has 0 spiro atoms. The van der Waals surface area contributed by atoms with E-state index in [9.17, 15) is 0 Å². The molecule has 0 aliphatic heterocycles. The quantitative estimate of drug-likeness (QED) is 0.161. The molecule has 0 atom stereocenters. The van der Waals surface area contributed by atoms with Crippen LogP contribution in [0.15, 0.2) is 217 Å². The highest BCUT2D eigenvalue weighted by Gasteiger charge is 2.19. The maximum atomic E-state index is 6.29. The van der Waals surface area contributed by atoms with Gasteiger partial charge in [0.15, 0.2) is 0 Å². The average molecular weight is 738 g/mol. The van der Waals surface area contributed by atoms with Gasteiger partial charge in [-0.1, -0.05) is 164 Å². The maximum Gasteiger partial charge on any atom is 0.135 e. The normalized spacial score (nSPS) is 11.8. The zero-order valence-corrected chi connectivity index (χ0v) is 31.6. The minimum Gasteiger partial charge on any atom is -0.456 e. The summed E-state index contributed by atoms with van der Waals surface area (Å²) in [6.07, 6.45) is 0. The number of aromatic nitrogens is 1. The number of fused-ring (bicyclic) bond motifs is 8. The fraction of sp³-hybridized carbons (Fsp3) is 0. The van der Waals surface area contributed by atoms with Gasteiger partial charge in [-0.2, -0.15) is 0 Å². The molecule has 0 bridgehead atoms. The van der Waals surface area contributed by atoms with E-state index in [0.717, 1.165) is 27.6 Å². The van der Waals surface area contributed by atoms with Gasteiger partial charge in [0.2, 0.25) is 0 Å². The summed E-state index contributed by atoms with van der Waals surface area (Å²) in [5.41, 5.74) is 15.0. The number of para-hydroxylation sites is 2. The maximum absolute atomic E-state index is 6.29. The summed E-state index contributed by atoms with van der Waals surface area (Å²) in [5, 5.41) is 9.76. The van der Waals surface area contributed by atoms with E-state index in [0.29, 0.717) is 0 Å². The van der Waals surface area contributed by atoms with Crippen molar-refractivity contribution < 1.29 is 4.42 Å². The molecule has 12 aromatic rings. The Hall–Kier alpha value is -7.68. The number of nitrogens with zero attached hydrogens (tertiary/aromatic N) is 1. The van der Waals surface area contributed by atoms with Crippen molar-refractivity contribution in [3.63, 3.8) is 0 Å². The van der Waals surface area contributed by atoms with Gasteiger partial charge in [-0.3, -0.25) is 0 Å². The van der Waals surface area contributed by atoms with Crippen molar-refractivity contribution in [2.75, 3.05) is 0 Å². The third kappa shape index (κ3) is 5.05. The van der Waals surface area contributed by atoms with Gasteiger partial charge in [-0.05, 0) is 115 Å². The zero-order chi connectivity index (χ0) is 38.2. The zero-order valence-electron chi connectivity index (χ0n) is 31.6. The van der Waals surface area contributed by atoms with Crippen molar-refractivity contribution in [1.82, 2.24) is 4.57 Å².